The quantitative estimate of drug-likeness (QED) is 0.406. The minimum absolute atomic E-state index is 0.924. The predicted octanol–water partition coefficient (Wildman–Crippen LogP) is 5.32. The van der Waals surface area contributed by atoms with Crippen LogP contribution in [0.4, 0.5) is 5.69 Å². The van der Waals surface area contributed by atoms with E-state index >= 15 is 0 Å². The molecule has 26 heavy (non-hydrogen) atoms. The normalized spacial score (nSPS) is 13.5. The summed E-state index contributed by atoms with van der Waals surface area (Å²) in [5.74, 6) is 0. The van der Waals surface area contributed by atoms with Crippen molar-refractivity contribution in [3.8, 4) is 0 Å². The molecule has 1 aliphatic rings. The van der Waals surface area contributed by atoms with Gasteiger partial charge in [0, 0.05) is 17.1 Å². The van der Waals surface area contributed by atoms with Crippen LogP contribution in [0.2, 0.25) is 0 Å². The third-order valence-corrected chi connectivity index (χ3v) is 5.24. The smallest absolute Gasteiger partial charge is 0.0951 e. The molecule has 0 fully saturated rings. The largest absolute Gasteiger partial charge is 0.276 e. The summed E-state index contributed by atoms with van der Waals surface area (Å²) in [7, 11) is 0. The van der Waals surface area contributed by atoms with Gasteiger partial charge in [0.1, 0.15) is 0 Å². The predicted molar refractivity (Wildman–Crippen MR) is 109 cm³/mol. The van der Waals surface area contributed by atoms with E-state index in [1.807, 2.05) is 24.4 Å². The third kappa shape index (κ3) is 2.36. The van der Waals surface area contributed by atoms with Crippen LogP contribution in [0.25, 0.3) is 21.7 Å². The first-order chi connectivity index (χ1) is 12.8. The summed E-state index contributed by atoms with van der Waals surface area (Å²) >= 11 is 0. The molecule has 3 nitrogen and oxygen atoms in total. The molecular formula is C23H19N3. The second-order valence-electron chi connectivity index (χ2n) is 6.80. The van der Waals surface area contributed by atoms with Crippen molar-refractivity contribution in [2.24, 2.45) is 5.10 Å². The number of fused-ring (bicyclic) bond motifs is 1. The van der Waals surface area contributed by atoms with Crippen molar-refractivity contribution in [1.29, 1.82) is 0 Å². The molecule has 0 saturated carbocycles. The van der Waals surface area contributed by atoms with Crippen LogP contribution in [0, 0.1) is 0 Å². The van der Waals surface area contributed by atoms with E-state index in [9.17, 15) is 0 Å². The van der Waals surface area contributed by atoms with Crippen molar-refractivity contribution in [3.05, 3.63) is 83.6 Å². The van der Waals surface area contributed by atoms with Gasteiger partial charge in [0.25, 0.3) is 0 Å². The second-order valence-corrected chi connectivity index (χ2v) is 6.80. The molecule has 0 atom stereocenters. The summed E-state index contributed by atoms with van der Waals surface area (Å²) in [6.07, 6.45) is 4.10. The summed E-state index contributed by atoms with van der Waals surface area (Å²) in [6.45, 7) is 2.06. The lowest BCUT2D eigenvalue weighted by molar-refractivity contribution is 1.02. The van der Waals surface area contributed by atoms with Gasteiger partial charge in [-0.1, -0.05) is 48.5 Å². The van der Waals surface area contributed by atoms with Crippen LogP contribution < -0.4 is 5.43 Å². The number of hydrazone groups is 1. The van der Waals surface area contributed by atoms with Gasteiger partial charge in [0.2, 0.25) is 0 Å². The number of rotatable bonds is 3. The maximum Gasteiger partial charge on any atom is 0.0951 e. The topological polar surface area (TPSA) is 37.3 Å². The number of nitrogens with one attached hydrogen (secondary N) is 1. The van der Waals surface area contributed by atoms with Crippen molar-refractivity contribution in [2.45, 2.75) is 19.8 Å². The molecule has 0 spiro atoms. The molecule has 4 aromatic rings. The highest BCUT2D eigenvalue weighted by Gasteiger charge is 2.16. The van der Waals surface area contributed by atoms with Crippen LogP contribution in [0.3, 0.4) is 0 Å². The monoisotopic (exact) mass is 337 g/mol. The third-order valence-electron chi connectivity index (χ3n) is 5.24. The Labute approximate surface area is 152 Å². The number of hydrogen-bond donors (Lipinski definition) is 1. The van der Waals surface area contributed by atoms with Gasteiger partial charge in [-0.3, -0.25) is 10.4 Å². The lowest BCUT2D eigenvalue weighted by Crippen LogP contribution is -2.02. The summed E-state index contributed by atoms with van der Waals surface area (Å²) in [5.41, 5.74) is 10.2. The number of benzene rings is 3. The van der Waals surface area contributed by atoms with E-state index in [0.717, 1.165) is 35.1 Å². The average Bonchev–Trinajstić information content (AvgIpc) is 3.11. The van der Waals surface area contributed by atoms with Gasteiger partial charge in [-0.2, -0.15) is 5.10 Å². The van der Waals surface area contributed by atoms with Crippen LogP contribution in [0.1, 0.15) is 23.6 Å². The Morgan fingerprint density at radius 3 is 2.65 bits per heavy atom. The highest BCUT2D eigenvalue weighted by Crippen LogP contribution is 2.33. The van der Waals surface area contributed by atoms with Crippen LogP contribution in [-0.2, 0) is 12.8 Å². The SMILES string of the molecule is CC(=NNc1cccc2cccnc12)c1ccc2c3c(cccc13)CC2. The van der Waals surface area contributed by atoms with Gasteiger partial charge >= 0.3 is 0 Å². The fourth-order valence-electron chi connectivity index (χ4n) is 3.96. The summed E-state index contributed by atoms with van der Waals surface area (Å²) in [5, 5.41) is 8.50. The Morgan fingerprint density at radius 1 is 0.923 bits per heavy atom. The average molecular weight is 337 g/mol. The molecule has 1 heterocycles. The van der Waals surface area contributed by atoms with Gasteiger partial charge in [0.05, 0.1) is 16.9 Å². The highest BCUT2D eigenvalue weighted by molar-refractivity contribution is 6.11. The minimum Gasteiger partial charge on any atom is -0.276 e. The molecule has 1 aliphatic carbocycles. The molecule has 0 amide bonds. The summed E-state index contributed by atoms with van der Waals surface area (Å²) in [6, 6.07) is 21.2. The number of para-hydroxylation sites is 1. The van der Waals surface area contributed by atoms with Gasteiger partial charge in [-0.15, -0.1) is 0 Å². The van der Waals surface area contributed by atoms with Crippen molar-refractivity contribution >= 4 is 33.1 Å². The number of pyridine rings is 1. The van der Waals surface area contributed by atoms with E-state index < -0.39 is 0 Å². The van der Waals surface area contributed by atoms with Crippen LogP contribution in [-0.4, -0.2) is 10.7 Å². The number of nitrogens with zero attached hydrogens (tertiary/aromatic N) is 2. The Bertz CT molecular complexity index is 1160. The molecule has 0 radical (unpaired) electrons. The zero-order chi connectivity index (χ0) is 17.5. The van der Waals surface area contributed by atoms with E-state index in [0.29, 0.717) is 0 Å². The zero-order valence-electron chi connectivity index (χ0n) is 14.7. The Kier molecular flexibility index (Phi) is 3.45. The maximum atomic E-state index is 4.67. The number of anilines is 1. The molecule has 0 aliphatic heterocycles. The van der Waals surface area contributed by atoms with E-state index in [4.69, 9.17) is 0 Å². The summed E-state index contributed by atoms with van der Waals surface area (Å²) < 4.78 is 0. The van der Waals surface area contributed by atoms with Crippen molar-refractivity contribution in [2.75, 3.05) is 5.43 Å². The molecule has 0 bridgehead atoms. The Morgan fingerprint density at radius 2 is 1.73 bits per heavy atom. The molecular weight excluding hydrogens is 318 g/mol. The molecule has 1 N–H and O–H groups in total. The zero-order valence-corrected chi connectivity index (χ0v) is 14.7. The molecule has 1 aromatic heterocycles. The lowest BCUT2D eigenvalue weighted by Gasteiger charge is -2.10. The van der Waals surface area contributed by atoms with Crippen molar-refractivity contribution in [1.82, 2.24) is 4.98 Å². The van der Waals surface area contributed by atoms with Gasteiger partial charge in [-0.25, -0.2) is 0 Å². The van der Waals surface area contributed by atoms with Crippen LogP contribution >= 0.6 is 0 Å². The van der Waals surface area contributed by atoms with Gasteiger partial charge in [0.15, 0.2) is 0 Å². The van der Waals surface area contributed by atoms with E-state index in [1.165, 1.54) is 27.5 Å². The molecule has 5 rings (SSSR count). The van der Waals surface area contributed by atoms with E-state index in [2.05, 4.69) is 64.9 Å². The lowest BCUT2D eigenvalue weighted by atomic mass is 9.98. The first-order valence-electron chi connectivity index (χ1n) is 8.99. The Balaban J connectivity index is 1.56. The molecule has 0 saturated heterocycles. The van der Waals surface area contributed by atoms with Gasteiger partial charge in [-0.05, 0) is 53.8 Å². The standard InChI is InChI=1S/C23H19N3/c1-15(25-26-21-9-3-6-18-7-4-14-24-23(18)21)19-13-12-17-11-10-16-5-2-8-20(19)22(16)17/h2-9,12-14,26H,10-11H2,1H3. The minimum atomic E-state index is 0.924. The highest BCUT2D eigenvalue weighted by atomic mass is 15.3. The fraction of sp³-hybridized carbons (Fsp3) is 0.130. The molecule has 3 aromatic carbocycles. The van der Waals surface area contributed by atoms with Crippen molar-refractivity contribution in [3.63, 3.8) is 0 Å². The fourth-order valence-corrected chi connectivity index (χ4v) is 3.96. The van der Waals surface area contributed by atoms with Crippen molar-refractivity contribution < 1.29 is 0 Å². The van der Waals surface area contributed by atoms with Crippen LogP contribution in [0.5, 0.6) is 0 Å². The first-order valence-corrected chi connectivity index (χ1v) is 8.99. The number of aryl methyl sites for hydroxylation is 2. The first kappa shape index (κ1) is 15.1. The second kappa shape index (κ2) is 5.95. The molecule has 126 valence electrons. The van der Waals surface area contributed by atoms with Gasteiger partial charge < -0.3 is 0 Å². The molecule has 3 heteroatoms. The molecule has 0 unspecified atom stereocenters. The number of hydrogen-bond acceptors (Lipinski definition) is 3. The Hall–Kier alpha value is -3.20. The van der Waals surface area contributed by atoms with Crippen LogP contribution in [0.15, 0.2) is 72.0 Å². The number of aromatic nitrogens is 1. The van der Waals surface area contributed by atoms with E-state index in [1.54, 1.807) is 0 Å². The maximum absolute atomic E-state index is 4.67. The van der Waals surface area contributed by atoms with E-state index in [-0.39, 0.29) is 0 Å². The summed E-state index contributed by atoms with van der Waals surface area (Å²) in [4.78, 5) is 4.48.